The van der Waals surface area contributed by atoms with E-state index in [4.69, 9.17) is 16.7 Å². The van der Waals surface area contributed by atoms with Crippen LogP contribution in [-0.2, 0) is 14.8 Å². The first-order valence-electron chi connectivity index (χ1n) is 6.20. The Morgan fingerprint density at radius 3 is 2.48 bits per heavy atom. The van der Waals surface area contributed by atoms with E-state index in [0.717, 1.165) is 4.31 Å². The van der Waals surface area contributed by atoms with Crippen LogP contribution in [0, 0.1) is 5.82 Å². The molecule has 0 aromatic heterocycles. The molecule has 0 amide bonds. The number of hydrogen-bond donors (Lipinski definition) is 1. The average molecular weight is 337 g/mol. The predicted molar refractivity (Wildman–Crippen MR) is 74.2 cm³/mol. The molecule has 6 nitrogen and oxygen atoms in total. The van der Waals surface area contributed by atoms with Gasteiger partial charge in [0.1, 0.15) is 4.90 Å². The summed E-state index contributed by atoms with van der Waals surface area (Å²) in [5.74, 6) is -1.93. The van der Waals surface area contributed by atoms with Gasteiger partial charge in [-0.15, -0.1) is 0 Å². The monoisotopic (exact) mass is 336 g/mol. The molecule has 1 saturated heterocycles. The third kappa shape index (κ3) is 3.52. The minimum absolute atomic E-state index is 0.113. The van der Waals surface area contributed by atoms with Gasteiger partial charge in [0.15, 0.2) is 5.82 Å². The number of sulfonamides is 1. The smallest absolute Gasteiger partial charge is 0.317 e. The van der Waals surface area contributed by atoms with E-state index in [0.29, 0.717) is 0 Å². The second-order valence-electron chi connectivity index (χ2n) is 4.63. The van der Waals surface area contributed by atoms with Crippen LogP contribution in [0.1, 0.15) is 0 Å². The Morgan fingerprint density at radius 1 is 1.29 bits per heavy atom. The molecule has 0 saturated carbocycles. The van der Waals surface area contributed by atoms with Gasteiger partial charge < -0.3 is 5.11 Å². The van der Waals surface area contributed by atoms with Crippen LogP contribution in [-0.4, -0.2) is 61.4 Å². The van der Waals surface area contributed by atoms with Gasteiger partial charge in [0.05, 0.1) is 11.6 Å². The molecule has 9 heteroatoms. The van der Waals surface area contributed by atoms with Crippen molar-refractivity contribution in [1.82, 2.24) is 9.21 Å². The molecule has 0 unspecified atom stereocenters. The summed E-state index contributed by atoms with van der Waals surface area (Å²) in [6, 6.07) is 3.82. The first kappa shape index (κ1) is 16.2. The van der Waals surface area contributed by atoms with Crippen molar-refractivity contribution in [3.63, 3.8) is 0 Å². The Hall–Kier alpha value is -1.22. The largest absolute Gasteiger partial charge is 0.480 e. The maximum absolute atomic E-state index is 13.9. The minimum Gasteiger partial charge on any atom is -0.480 e. The normalized spacial score (nSPS) is 17.8. The highest BCUT2D eigenvalue weighted by Gasteiger charge is 2.31. The topological polar surface area (TPSA) is 77.9 Å². The van der Waals surface area contributed by atoms with Gasteiger partial charge in [0, 0.05) is 26.2 Å². The Morgan fingerprint density at radius 2 is 1.90 bits per heavy atom. The molecule has 0 spiro atoms. The molecule has 2 rings (SSSR count). The molecule has 1 heterocycles. The maximum atomic E-state index is 13.9. The summed E-state index contributed by atoms with van der Waals surface area (Å²) in [6.45, 7) is 0.657. The first-order valence-corrected chi connectivity index (χ1v) is 8.02. The fourth-order valence-electron chi connectivity index (χ4n) is 2.14. The minimum atomic E-state index is -3.97. The van der Waals surface area contributed by atoms with Crippen LogP contribution in [0.4, 0.5) is 4.39 Å². The van der Waals surface area contributed by atoms with Crippen molar-refractivity contribution in [2.24, 2.45) is 0 Å². The van der Waals surface area contributed by atoms with Crippen molar-refractivity contribution in [3.05, 3.63) is 29.0 Å². The van der Waals surface area contributed by atoms with Crippen LogP contribution in [0.5, 0.6) is 0 Å². The van der Waals surface area contributed by atoms with Crippen molar-refractivity contribution >= 4 is 27.6 Å². The SMILES string of the molecule is O=C(O)CN1CCN(S(=O)(=O)c2cccc(Cl)c2F)CC1. The van der Waals surface area contributed by atoms with E-state index in [-0.39, 0.29) is 37.7 Å². The third-order valence-corrected chi connectivity index (χ3v) is 5.43. The van der Waals surface area contributed by atoms with E-state index in [9.17, 15) is 17.6 Å². The quantitative estimate of drug-likeness (QED) is 0.882. The van der Waals surface area contributed by atoms with Gasteiger partial charge in [0.25, 0.3) is 0 Å². The Kier molecular flexibility index (Phi) is 4.82. The van der Waals surface area contributed by atoms with Crippen LogP contribution in [0.15, 0.2) is 23.1 Å². The van der Waals surface area contributed by atoms with Crippen LogP contribution in [0.25, 0.3) is 0 Å². The molecule has 116 valence electrons. The van der Waals surface area contributed by atoms with Gasteiger partial charge >= 0.3 is 5.97 Å². The Bertz CT molecular complexity index is 645. The molecule has 0 atom stereocenters. The van der Waals surface area contributed by atoms with Gasteiger partial charge in [-0.25, -0.2) is 12.8 Å². The highest BCUT2D eigenvalue weighted by atomic mass is 35.5. The zero-order valence-corrected chi connectivity index (χ0v) is 12.6. The fourth-order valence-corrected chi connectivity index (χ4v) is 3.88. The van der Waals surface area contributed by atoms with E-state index < -0.39 is 26.7 Å². The molecule has 1 aromatic carbocycles. The van der Waals surface area contributed by atoms with Gasteiger partial charge in [0.2, 0.25) is 10.0 Å². The lowest BCUT2D eigenvalue weighted by molar-refractivity contribution is -0.138. The fraction of sp³-hybridized carbons (Fsp3) is 0.417. The summed E-state index contributed by atoms with van der Waals surface area (Å²) in [5, 5.41) is 8.45. The predicted octanol–water partition coefficient (Wildman–Crippen LogP) is 0.870. The van der Waals surface area contributed by atoms with Crippen molar-refractivity contribution < 1.29 is 22.7 Å². The van der Waals surface area contributed by atoms with Gasteiger partial charge in [-0.3, -0.25) is 9.69 Å². The van der Waals surface area contributed by atoms with Gasteiger partial charge in [-0.05, 0) is 12.1 Å². The molecule has 1 N–H and O–H groups in total. The summed E-state index contributed by atoms with van der Waals surface area (Å²) in [4.78, 5) is 11.8. The molecule has 0 bridgehead atoms. The number of piperazine rings is 1. The average Bonchev–Trinajstić information content (AvgIpc) is 2.41. The van der Waals surface area contributed by atoms with Crippen molar-refractivity contribution in [2.75, 3.05) is 32.7 Å². The lowest BCUT2D eigenvalue weighted by Crippen LogP contribution is -2.49. The third-order valence-electron chi connectivity index (χ3n) is 3.22. The molecule has 1 aliphatic heterocycles. The first-order chi connectivity index (χ1) is 9.82. The summed E-state index contributed by atoms with van der Waals surface area (Å²) in [7, 11) is -3.97. The van der Waals surface area contributed by atoms with Crippen molar-refractivity contribution in [3.8, 4) is 0 Å². The Balaban J connectivity index is 2.15. The molecule has 1 fully saturated rings. The highest BCUT2D eigenvalue weighted by Crippen LogP contribution is 2.25. The number of rotatable bonds is 4. The number of carbonyl (C=O) groups is 1. The number of nitrogens with zero attached hydrogens (tertiary/aromatic N) is 2. The zero-order valence-electron chi connectivity index (χ0n) is 11.0. The van der Waals surface area contributed by atoms with Crippen LogP contribution >= 0.6 is 11.6 Å². The van der Waals surface area contributed by atoms with Gasteiger partial charge in [-0.1, -0.05) is 17.7 Å². The number of hydrogen-bond acceptors (Lipinski definition) is 4. The second kappa shape index (κ2) is 6.27. The van der Waals surface area contributed by atoms with E-state index in [1.54, 1.807) is 4.90 Å². The summed E-state index contributed by atoms with van der Waals surface area (Å²) in [6.07, 6.45) is 0. The zero-order chi connectivity index (χ0) is 15.6. The maximum Gasteiger partial charge on any atom is 0.317 e. The van der Waals surface area contributed by atoms with E-state index in [2.05, 4.69) is 0 Å². The lowest BCUT2D eigenvalue weighted by Gasteiger charge is -2.33. The summed E-state index contributed by atoms with van der Waals surface area (Å²) >= 11 is 5.61. The van der Waals surface area contributed by atoms with Crippen LogP contribution in [0.3, 0.4) is 0 Å². The van der Waals surface area contributed by atoms with E-state index in [1.165, 1.54) is 18.2 Å². The van der Waals surface area contributed by atoms with Gasteiger partial charge in [-0.2, -0.15) is 4.31 Å². The molecule has 21 heavy (non-hydrogen) atoms. The van der Waals surface area contributed by atoms with E-state index in [1.807, 2.05) is 0 Å². The lowest BCUT2D eigenvalue weighted by atomic mass is 10.3. The summed E-state index contributed by atoms with van der Waals surface area (Å²) < 4.78 is 39.8. The number of halogens is 2. The summed E-state index contributed by atoms with van der Waals surface area (Å²) in [5.41, 5.74) is 0. The number of benzene rings is 1. The number of aliphatic carboxylic acids is 1. The van der Waals surface area contributed by atoms with Crippen LogP contribution in [0.2, 0.25) is 5.02 Å². The second-order valence-corrected chi connectivity index (χ2v) is 6.94. The molecule has 0 aliphatic carbocycles. The number of carboxylic acids is 1. The molecule has 0 radical (unpaired) electrons. The standard InChI is InChI=1S/C12H14ClFN2O4S/c13-9-2-1-3-10(12(9)14)21(19,20)16-6-4-15(5-7-16)8-11(17)18/h1-3H,4-8H2,(H,17,18). The molecule has 1 aliphatic rings. The Labute approximate surface area is 126 Å². The van der Waals surface area contributed by atoms with E-state index >= 15 is 0 Å². The molecular formula is C12H14ClFN2O4S. The molecule has 1 aromatic rings. The van der Waals surface area contributed by atoms with Crippen molar-refractivity contribution in [2.45, 2.75) is 4.90 Å². The highest BCUT2D eigenvalue weighted by molar-refractivity contribution is 7.89. The van der Waals surface area contributed by atoms with Crippen molar-refractivity contribution in [1.29, 1.82) is 0 Å². The van der Waals surface area contributed by atoms with Crippen LogP contribution < -0.4 is 0 Å². The molecular weight excluding hydrogens is 323 g/mol. The number of carboxylic acid groups (broad SMARTS) is 1.